The minimum atomic E-state index is -0.397. The summed E-state index contributed by atoms with van der Waals surface area (Å²) < 4.78 is 6.07. The average Bonchev–Trinajstić information content (AvgIpc) is 2.90. The predicted molar refractivity (Wildman–Crippen MR) is 77.5 cm³/mol. The predicted octanol–water partition coefficient (Wildman–Crippen LogP) is 0.955. The van der Waals surface area contributed by atoms with Gasteiger partial charge >= 0.3 is 0 Å². The van der Waals surface area contributed by atoms with E-state index in [4.69, 9.17) is 4.74 Å². The van der Waals surface area contributed by atoms with E-state index in [0.29, 0.717) is 19.5 Å². The van der Waals surface area contributed by atoms with E-state index < -0.39 is 6.10 Å². The third-order valence-corrected chi connectivity index (χ3v) is 4.39. The van der Waals surface area contributed by atoms with Crippen molar-refractivity contribution in [3.8, 4) is 0 Å². The molecule has 5 heteroatoms. The molecule has 2 unspecified atom stereocenters. The lowest BCUT2D eigenvalue weighted by molar-refractivity contribution is -0.126. The molecule has 0 bridgehead atoms. The molecule has 1 aliphatic heterocycles. The fourth-order valence-electron chi connectivity index (χ4n) is 3.18. The van der Waals surface area contributed by atoms with E-state index in [2.05, 4.69) is 17.6 Å². The highest BCUT2D eigenvalue weighted by molar-refractivity contribution is 5.82. The summed E-state index contributed by atoms with van der Waals surface area (Å²) in [5.74, 6) is -0.00778. The number of hydrogen-bond acceptors (Lipinski definition) is 4. The molecule has 0 aromatic carbocycles. The average molecular weight is 284 g/mol. The van der Waals surface area contributed by atoms with Crippen molar-refractivity contribution < 1.29 is 14.6 Å². The fourth-order valence-corrected chi connectivity index (χ4v) is 3.18. The molecular formula is C15H28N2O3. The van der Waals surface area contributed by atoms with Crippen LogP contribution in [0.15, 0.2) is 0 Å². The number of amides is 1. The minimum absolute atomic E-state index is 0.00778. The molecule has 5 nitrogen and oxygen atoms in total. The summed E-state index contributed by atoms with van der Waals surface area (Å²) >= 11 is 0. The highest BCUT2D eigenvalue weighted by Gasteiger charge is 2.35. The second-order valence-electron chi connectivity index (χ2n) is 6.16. The molecule has 0 spiro atoms. The zero-order valence-corrected chi connectivity index (χ0v) is 12.5. The maximum atomic E-state index is 12.1. The van der Waals surface area contributed by atoms with Crippen LogP contribution < -0.4 is 10.6 Å². The summed E-state index contributed by atoms with van der Waals surface area (Å²) in [5, 5.41) is 15.5. The Hall–Kier alpha value is -0.650. The molecule has 1 amide bonds. The van der Waals surface area contributed by atoms with E-state index in [-0.39, 0.29) is 17.6 Å². The Labute approximate surface area is 121 Å². The number of carbonyl (C=O) groups excluding carboxylic acids is 1. The molecule has 0 radical (unpaired) electrons. The summed E-state index contributed by atoms with van der Waals surface area (Å²) in [4.78, 5) is 12.1. The first-order chi connectivity index (χ1) is 9.65. The second-order valence-corrected chi connectivity index (χ2v) is 6.16. The van der Waals surface area contributed by atoms with Crippen molar-refractivity contribution in [3.05, 3.63) is 0 Å². The van der Waals surface area contributed by atoms with Gasteiger partial charge in [0.15, 0.2) is 0 Å². The molecule has 116 valence electrons. The van der Waals surface area contributed by atoms with Crippen molar-refractivity contribution in [1.29, 1.82) is 0 Å². The number of ether oxygens (including phenoxy) is 1. The van der Waals surface area contributed by atoms with Crippen molar-refractivity contribution in [1.82, 2.24) is 10.6 Å². The van der Waals surface area contributed by atoms with Gasteiger partial charge in [0.05, 0.1) is 17.7 Å². The molecule has 1 saturated heterocycles. The van der Waals surface area contributed by atoms with Crippen molar-refractivity contribution >= 4 is 5.91 Å². The molecule has 3 N–H and O–H groups in total. The third-order valence-electron chi connectivity index (χ3n) is 4.39. The molecule has 20 heavy (non-hydrogen) atoms. The highest BCUT2D eigenvalue weighted by atomic mass is 16.5. The summed E-state index contributed by atoms with van der Waals surface area (Å²) in [6.07, 6.45) is 6.82. The number of rotatable bonds is 6. The smallest absolute Gasteiger partial charge is 0.237 e. The first-order valence-electron chi connectivity index (χ1n) is 7.98. The van der Waals surface area contributed by atoms with Crippen LogP contribution in [-0.2, 0) is 9.53 Å². The van der Waals surface area contributed by atoms with E-state index >= 15 is 0 Å². The standard InChI is InChI=1S/C15H28N2O3/c1-2-8-20-15(6-4-3-5-7-15)11-17-14(19)13-9-12(18)10-16-13/h12-13,16,18H,2-11H2,1H3,(H,17,19). The van der Waals surface area contributed by atoms with Gasteiger partial charge in [0.2, 0.25) is 5.91 Å². The van der Waals surface area contributed by atoms with Crippen molar-refractivity contribution in [2.24, 2.45) is 0 Å². The summed E-state index contributed by atoms with van der Waals surface area (Å²) in [6.45, 7) is 3.98. The zero-order valence-electron chi connectivity index (χ0n) is 12.5. The summed E-state index contributed by atoms with van der Waals surface area (Å²) in [7, 11) is 0. The number of carbonyl (C=O) groups is 1. The fraction of sp³-hybridized carbons (Fsp3) is 0.933. The normalized spacial score (nSPS) is 29.3. The van der Waals surface area contributed by atoms with Gasteiger partial charge in [-0.1, -0.05) is 26.2 Å². The molecule has 1 aliphatic carbocycles. The number of nitrogens with one attached hydrogen (secondary N) is 2. The van der Waals surface area contributed by atoms with Crippen LogP contribution in [0.1, 0.15) is 51.9 Å². The molecule has 2 rings (SSSR count). The van der Waals surface area contributed by atoms with Gasteiger partial charge in [0.1, 0.15) is 0 Å². The topological polar surface area (TPSA) is 70.6 Å². The second kappa shape index (κ2) is 7.38. The van der Waals surface area contributed by atoms with Crippen molar-refractivity contribution in [2.45, 2.75) is 69.6 Å². The maximum Gasteiger partial charge on any atom is 0.237 e. The van der Waals surface area contributed by atoms with Crippen LogP contribution in [0.5, 0.6) is 0 Å². The van der Waals surface area contributed by atoms with Crippen LogP contribution >= 0.6 is 0 Å². The van der Waals surface area contributed by atoms with Gasteiger partial charge in [-0.25, -0.2) is 0 Å². The highest BCUT2D eigenvalue weighted by Crippen LogP contribution is 2.31. The molecule has 0 aromatic heterocycles. The first-order valence-corrected chi connectivity index (χ1v) is 7.98. The van der Waals surface area contributed by atoms with Gasteiger partial charge in [-0.15, -0.1) is 0 Å². The zero-order chi connectivity index (χ0) is 14.4. The maximum absolute atomic E-state index is 12.1. The Kier molecular flexibility index (Phi) is 5.81. The van der Waals surface area contributed by atoms with Gasteiger partial charge in [0, 0.05) is 19.7 Å². The van der Waals surface area contributed by atoms with Crippen molar-refractivity contribution in [2.75, 3.05) is 19.7 Å². The quantitative estimate of drug-likeness (QED) is 0.679. The van der Waals surface area contributed by atoms with Gasteiger partial charge in [0.25, 0.3) is 0 Å². The van der Waals surface area contributed by atoms with E-state index in [1.165, 1.54) is 19.3 Å². The van der Waals surface area contributed by atoms with Gasteiger partial charge < -0.3 is 20.5 Å². The van der Waals surface area contributed by atoms with Crippen LogP contribution in [-0.4, -0.2) is 48.5 Å². The summed E-state index contributed by atoms with van der Waals surface area (Å²) in [5.41, 5.74) is -0.166. The lowest BCUT2D eigenvalue weighted by atomic mass is 9.84. The Morgan fingerprint density at radius 3 is 2.75 bits per heavy atom. The molecule has 2 atom stereocenters. The number of aliphatic hydroxyl groups is 1. The number of hydrogen-bond donors (Lipinski definition) is 3. The van der Waals surface area contributed by atoms with E-state index in [1.54, 1.807) is 0 Å². The number of aliphatic hydroxyl groups excluding tert-OH is 1. The van der Waals surface area contributed by atoms with Gasteiger partial charge in [-0.2, -0.15) is 0 Å². The Balaban J connectivity index is 1.83. The van der Waals surface area contributed by atoms with E-state index in [1.807, 2.05) is 0 Å². The molecule has 0 aromatic rings. The largest absolute Gasteiger partial charge is 0.392 e. The van der Waals surface area contributed by atoms with Crippen molar-refractivity contribution in [3.63, 3.8) is 0 Å². The third kappa shape index (κ3) is 4.17. The van der Waals surface area contributed by atoms with E-state index in [9.17, 15) is 9.90 Å². The van der Waals surface area contributed by atoms with Crippen LogP contribution in [0.25, 0.3) is 0 Å². The monoisotopic (exact) mass is 284 g/mol. The van der Waals surface area contributed by atoms with Crippen LogP contribution in [0, 0.1) is 0 Å². The molecule has 2 fully saturated rings. The first kappa shape index (κ1) is 15.7. The Bertz CT molecular complexity index is 316. The molecular weight excluding hydrogens is 256 g/mol. The lowest BCUT2D eigenvalue weighted by Crippen LogP contribution is -2.50. The van der Waals surface area contributed by atoms with Crippen LogP contribution in [0.2, 0.25) is 0 Å². The molecule has 2 aliphatic rings. The van der Waals surface area contributed by atoms with Gasteiger partial charge in [-0.05, 0) is 25.7 Å². The SMILES string of the molecule is CCCOC1(CNC(=O)C2CC(O)CN2)CCCCC1. The van der Waals surface area contributed by atoms with Crippen LogP contribution in [0.4, 0.5) is 0 Å². The lowest BCUT2D eigenvalue weighted by Gasteiger charge is -2.37. The Morgan fingerprint density at radius 2 is 2.15 bits per heavy atom. The summed E-state index contributed by atoms with van der Waals surface area (Å²) in [6, 6.07) is -0.253. The Morgan fingerprint density at radius 1 is 1.40 bits per heavy atom. The minimum Gasteiger partial charge on any atom is -0.392 e. The molecule has 1 saturated carbocycles. The molecule has 1 heterocycles. The van der Waals surface area contributed by atoms with Gasteiger partial charge in [-0.3, -0.25) is 4.79 Å². The van der Waals surface area contributed by atoms with Crippen LogP contribution in [0.3, 0.4) is 0 Å². The van der Waals surface area contributed by atoms with E-state index in [0.717, 1.165) is 25.9 Å². The number of β-amino-alcohol motifs (C(OH)–C–C–N with tert-alkyl or cyclic N) is 1.